The molecule has 7 heteroatoms. The van der Waals surface area contributed by atoms with Crippen LogP contribution in [0.15, 0.2) is 24.3 Å². The summed E-state index contributed by atoms with van der Waals surface area (Å²) in [5.74, 6) is 0.501. The molecule has 4 amide bonds. The summed E-state index contributed by atoms with van der Waals surface area (Å²) >= 11 is 5.92. The van der Waals surface area contributed by atoms with Crippen LogP contribution >= 0.6 is 11.6 Å². The van der Waals surface area contributed by atoms with Crippen molar-refractivity contribution in [3.63, 3.8) is 0 Å². The normalized spacial score (nSPS) is 28.9. The van der Waals surface area contributed by atoms with Gasteiger partial charge in [-0.3, -0.25) is 0 Å². The van der Waals surface area contributed by atoms with Crippen molar-refractivity contribution in [2.24, 2.45) is 0 Å². The number of urea groups is 2. The molecule has 6 nitrogen and oxygen atoms in total. The zero-order chi connectivity index (χ0) is 16.7. The Bertz CT molecular complexity index is 644. The van der Waals surface area contributed by atoms with Crippen LogP contribution in [-0.4, -0.2) is 60.1 Å². The van der Waals surface area contributed by atoms with Crippen molar-refractivity contribution in [2.45, 2.75) is 30.8 Å². The van der Waals surface area contributed by atoms with Crippen LogP contribution in [0.5, 0.6) is 0 Å². The van der Waals surface area contributed by atoms with Gasteiger partial charge in [0.1, 0.15) is 0 Å². The van der Waals surface area contributed by atoms with E-state index in [2.05, 4.69) is 22.8 Å². The molecule has 2 saturated heterocycles. The van der Waals surface area contributed by atoms with E-state index in [0.29, 0.717) is 32.1 Å². The van der Waals surface area contributed by atoms with Crippen LogP contribution in [0.3, 0.4) is 0 Å². The Morgan fingerprint density at radius 1 is 1.21 bits per heavy atom. The van der Waals surface area contributed by atoms with E-state index < -0.39 is 0 Å². The van der Waals surface area contributed by atoms with Crippen LogP contribution in [0.2, 0.25) is 5.02 Å². The number of rotatable bonds is 2. The number of carbonyl (C=O) groups excluding carboxylic acids is 2. The summed E-state index contributed by atoms with van der Waals surface area (Å²) in [6.07, 6.45) is 1.94. The number of hydrogen-bond acceptors (Lipinski definition) is 2. The Hall–Kier alpha value is -1.95. The van der Waals surface area contributed by atoms with Crippen LogP contribution in [0.1, 0.15) is 24.3 Å². The highest BCUT2D eigenvalue weighted by Gasteiger charge is 2.38. The first-order chi connectivity index (χ1) is 11.6. The minimum absolute atomic E-state index is 0.00597. The molecule has 2 N–H and O–H groups in total. The highest BCUT2D eigenvalue weighted by Crippen LogP contribution is 2.37. The molecule has 1 aromatic rings. The van der Waals surface area contributed by atoms with E-state index in [1.54, 1.807) is 0 Å². The smallest absolute Gasteiger partial charge is 0.317 e. The number of fused-ring (bicyclic) bond motifs is 1. The fraction of sp³-hybridized carbons (Fsp3) is 0.529. The number of halogens is 1. The summed E-state index contributed by atoms with van der Waals surface area (Å²) in [5, 5.41) is 6.71. The topological polar surface area (TPSA) is 64.7 Å². The SMILES string of the molecule is O=C(NC1CC(c2ccc(Cl)cc2)C1)N1CCN2C(=O)NCC2C1. The van der Waals surface area contributed by atoms with Crippen molar-refractivity contribution in [3.05, 3.63) is 34.9 Å². The molecule has 0 spiro atoms. The second-order valence-corrected chi connectivity index (χ2v) is 7.28. The van der Waals surface area contributed by atoms with E-state index in [4.69, 9.17) is 11.6 Å². The van der Waals surface area contributed by atoms with Gasteiger partial charge in [0.2, 0.25) is 0 Å². The third kappa shape index (κ3) is 2.90. The third-order valence-corrected chi connectivity index (χ3v) is 5.58. The lowest BCUT2D eigenvalue weighted by atomic mass is 9.76. The van der Waals surface area contributed by atoms with E-state index in [1.807, 2.05) is 21.9 Å². The van der Waals surface area contributed by atoms with Crippen molar-refractivity contribution in [1.82, 2.24) is 20.4 Å². The molecule has 3 aliphatic rings. The van der Waals surface area contributed by atoms with Gasteiger partial charge in [0, 0.05) is 37.2 Å². The average Bonchev–Trinajstić information content (AvgIpc) is 2.92. The second kappa shape index (κ2) is 6.16. The van der Waals surface area contributed by atoms with Gasteiger partial charge in [-0.25, -0.2) is 9.59 Å². The summed E-state index contributed by atoms with van der Waals surface area (Å²) < 4.78 is 0. The minimum atomic E-state index is -0.00939. The van der Waals surface area contributed by atoms with E-state index in [1.165, 1.54) is 5.56 Å². The van der Waals surface area contributed by atoms with Crippen LogP contribution in [0, 0.1) is 0 Å². The number of amides is 4. The van der Waals surface area contributed by atoms with E-state index in [9.17, 15) is 9.59 Å². The summed E-state index contributed by atoms with van der Waals surface area (Å²) in [6.45, 7) is 2.45. The first kappa shape index (κ1) is 15.6. The van der Waals surface area contributed by atoms with Crippen LogP contribution in [0.4, 0.5) is 9.59 Å². The zero-order valence-electron chi connectivity index (χ0n) is 13.4. The summed E-state index contributed by atoms with van der Waals surface area (Å²) in [5.41, 5.74) is 1.29. The molecule has 0 radical (unpaired) electrons. The molecule has 1 unspecified atom stereocenters. The number of benzene rings is 1. The van der Waals surface area contributed by atoms with Gasteiger partial charge in [0.15, 0.2) is 0 Å². The lowest BCUT2D eigenvalue weighted by molar-refractivity contribution is 0.124. The number of hydrogen-bond donors (Lipinski definition) is 2. The maximum Gasteiger partial charge on any atom is 0.317 e. The van der Waals surface area contributed by atoms with Gasteiger partial charge in [-0.15, -0.1) is 0 Å². The molecule has 0 bridgehead atoms. The maximum atomic E-state index is 12.4. The van der Waals surface area contributed by atoms with E-state index in [0.717, 1.165) is 17.9 Å². The van der Waals surface area contributed by atoms with Crippen LogP contribution in [-0.2, 0) is 0 Å². The lowest BCUT2D eigenvalue weighted by Gasteiger charge is -2.40. The molecule has 3 fully saturated rings. The predicted octanol–water partition coefficient (Wildman–Crippen LogP) is 2.00. The fourth-order valence-electron chi connectivity index (χ4n) is 3.80. The molecular formula is C17H21ClN4O2. The van der Waals surface area contributed by atoms with Gasteiger partial charge in [-0.1, -0.05) is 23.7 Å². The molecule has 1 aromatic carbocycles. The zero-order valence-corrected chi connectivity index (χ0v) is 14.1. The van der Waals surface area contributed by atoms with Crippen molar-refractivity contribution in [2.75, 3.05) is 26.2 Å². The Morgan fingerprint density at radius 2 is 1.96 bits per heavy atom. The second-order valence-electron chi connectivity index (χ2n) is 6.85. The molecule has 2 aliphatic heterocycles. The molecule has 0 aromatic heterocycles. The Kier molecular flexibility index (Phi) is 4.00. The maximum absolute atomic E-state index is 12.4. The van der Waals surface area contributed by atoms with Gasteiger partial charge in [-0.2, -0.15) is 0 Å². The molecule has 2 heterocycles. The van der Waals surface area contributed by atoms with Crippen LogP contribution < -0.4 is 10.6 Å². The highest BCUT2D eigenvalue weighted by atomic mass is 35.5. The molecule has 4 rings (SSSR count). The van der Waals surface area contributed by atoms with E-state index >= 15 is 0 Å². The monoisotopic (exact) mass is 348 g/mol. The third-order valence-electron chi connectivity index (χ3n) is 5.33. The summed E-state index contributed by atoms with van der Waals surface area (Å²) in [6, 6.07) is 8.29. The van der Waals surface area contributed by atoms with Crippen molar-refractivity contribution in [1.29, 1.82) is 0 Å². The standard InChI is InChI=1S/C17H21ClN4O2/c18-13-3-1-11(2-4-13)12-7-14(8-12)20-17(24)21-5-6-22-15(10-21)9-19-16(22)23/h1-4,12,14-15H,5-10H2,(H,19,23)(H,20,24). The summed E-state index contributed by atoms with van der Waals surface area (Å²) in [7, 11) is 0. The highest BCUT2D eigenvalue weighted by molar-refractivity contribution is 6.30. The summed E-state index contributed by atoms with van der Waals surface area (Å²) in [4.78, 5) is 27.7. The van der Waals surface area contributed by atoms with Gasteiger partial charge in [-0.05, 0) is 36.5 Å². The van der Waals surface area contributed by atoms with Gasteiger partial charge < -0.3 is 20.4 Å². The molecular weight excluding hydrogens is 328 g/mol. The van der Waals surface area contributed by atoms with Crippen molar-refractivity contribution >= 4 is 23.7 Å². The number of piperazine rings is 1. The first-order valence-electron chi connectivity index (χ1n) is 8.45. The number of nitrogens with one attached hydrogen (secondary N) is 2. The largest absolute Gasteiger partial charge is 0.336 e. The average molecular weight is 349 g/mol. The quantitative estimate of drug-likeness (QED) is 0.858. The number of carbonyl (C=O) groups is 2. The molecule has 1 atom stereocenters. The Labute approximate surface area is 146 Å². The van der Waals surface area contributed by atoms with Crippen molar-refractivity contribution < 1.29 is 9.59 Å². The number of nitrogens with zero attached hydrogens (tertiary/aromatic N) is 2. The van der Waals surface area contributed by atoms with Gasteiger partial charge in [0.05, 0.1) is 6.04 Å². The molecule has 24 heavy (non-hydrogen) atoms. The van der Waals surface area contributed by atoms with Crippen molar-refractivity contribution in [3.8, 4) is 0 Å². The molecule has 128 valence electrons. The predicted molar refractivity (Wildman–Crippen MR) is 91.2 cm³/mol. The van der Waals surface area contributed by atoms with Gasteiger partial charge in [0.25, 0.3) is 0 Å². The van der Waals surface area contributed by atoms with E-state index in [-0.39, 0.29) is 24.1 Å². The molecule has 1 aliphatic carbocycles. The van der Waals surface area contributed by atoms with Crippen LogP contribution in [0.25, 0.3) is 0 Å². The first-order valence-corrected chi connectivity index (χ1v) is 8.83. The lowest BCUT2D eigenvalue weighted by Crippen LogP contribution is -2.58. The van der Waals surface area contributed by atoms with Gasteiger partial charge >= 0.3 is 12.1 Å². The fourth-order valence-corrected chi connectivity index (χ4v) is 3.92. The minimum Gasteiger partial charge on any atom is -0.336 e. The molecule has 1 saturated carbocycles. The Morgan fingerprint density at radius 3 is 2.71 bits per heavy atom. The Balaban J connectivity index is 1.26.